The van der Waals surface area contributed by atoms with Crippen molar-refractivity contribution in [1.82, 2.24) is 5.32 Å². The van der Waals surface area contributed by atoms with E-state index in [1.165, 1.54) is 5.56 Å². The Morgan fingerprint density at radius 1 is 1.31 bits per heavy atom. The van der Waals surface area contributed by atoms with Gasteiger partial charge in [-0.3, -0.25) is 0 Å². The third-order valence-electron chi connectivity index (χ3n) is 1.72. The van der Waals surface area contributed by atoms with Gasteiger partial charge in [-0.25, -0.2) is 0 Å². The zero-order valence-electron chi connectivity index (χ0n) is 8.17. The van der Waals surface area contributed by atoms with Gasteiger partial charge in [0.25, 0.3) is 0 Å². The van der Waals surface area contributed by atoms with Crippen molar-refractivity contribution in [2.24, 2.45) is 0 Å². The number of hydrogen-bond donors (Lipinski definition) is 1. The molecule has 0 aliphatic heterocycles. The molecule has 1 aromatic rings. The van der Waals surface area contributed by atoms with Gasteiger partial charge < -0.3 is 5.32 Å². The summed E-state index contributed by atoms with van der Waals surface area (Å²) in [6.45, 7) is 7.78. The molecule has 0 aromatic heterocycles. The Morgan fingerprint density at radius 2 is 1.92 bits per heavy atom. The minimum atomic E-state index is 0.956. The van der Waals surface area contributed by atoms with E-state index in [2.05, 4.69) is 24.0 Å². The van der Waals surface area contributed by atoms with E-state index >= 15 is 0 Å². The van der Waals surface area contributed by atoms with E-state index in [-0.39, 0.29) is 0 Å². The molecule has 0 bridgehead atoms. The quantitative estimate of drug-likeness (QED) is 0.740. The van der Waals surface area contributed by atoms with Crippen molar-refractivity contribution < 1.29 is 0 Å². The molecule has 1 aromatic carbocycles. The maximum absolute atomic E-state index is 3.82. The highest BCUT2D eigenvalue weighted by atomic mass is 14.9. The Kier molecular flexibility index (Phi) is 3.32. The zero-order chi connectivity index (χ0) is 9.68. The highest BCUT2D eigenvalue weighted by Crippen LogP contribution is 2.11. The smallest absolute Gasteiger partial charge is 0.0411 e. The van der Waals surface area contributed by atoms with E-state index in [9.17, 15) is 0 Å². The Balaban J connectivity index is 2.86. The highest BCUT2D eigenvalue weighted by Gasteiger charge is 1.97. The molecule has 13 heavy (non-hydrogen) atoms. The molecule has 0 amide bonds. The van der Waals surface area contributed by atoms with Gasteiger partial charge in [0.1, 0.15) is 0 Å². The van der Waals surface area contributed by atoms with E-state index in [0.717, 1.165) is 11.4 Å². The average Bonchev–Trinajstić information content (AvgIpc) is 2.15. The van der Waals surface area contributed by atoms with E-state index in [4.69, 9.17) is 0 Å². The van der Waals surface area contributed by atoms with Crippen LogP contribution >= 0.6 is 0 Å². The first-order chi connectivity index (χ1) is 6.24. The monoisotopic (exact) mass is 173 g/mol. The third kappa shape index (κ3) is 2.79. The van der Waals surface area contributed by atoms with Crippen molar-refractivity contribution in [2.75, 3.05) is 0 Å². The van der Waals surface area contributed by atoms with Gasteiger partial charge >= 0.3 is 0 Å². The maximum atomic E-state index is 3.82. The van der Waals surface area contributed by atoms with Crippen LogP contribution in [0.15, 0.2) is 48.7 Å². The van der Waals surface area contributed by atoms with Crippen molar-refractivity contribution >= 4 is 5.70 Å². The van der Waals surface area contributed by atoms with E-state index in [1.54, 1.807) is 0 Å². The van der Waals surface area contributed by atoms with Crippen LogP contribution in [0.1, 0.15) is 19.4 Å². The van der Waals surface area contributed by atoms with Crippen molar-refractivity contribution in [1.29, 1.82) is 0 Å². The lowest BCUT2D eigenvalue weighted by molar-refractivity contribution is 1.09. The molecule has 0 aliphatic rings. The van der Waals surface area contributed by atoms with Crippen LogP contribution in [0.2, 0.25) is 0 Å². The molecule has 0 saturated carbocycles. The molecule has 1 heteroatoms. The number of nitrogens with one attached hydrogen (secondary N) is 1. The molecule has 0 spiro atoms. The zero-order valence-corrected chi connectivity index (χ0v) is 8.17. The molecule has 1 nitrogen and oxygen atoms in total. The Labute approximate surface area is 79.8 Å². The van der Waals surface area contributed by atoms with Crippen LogP contribution < -0.4 is 5.32 Å². The van der Waals surface area contributed by atoms with Crippen LogP contribution in [-0.2, 0) is 0 Å². The normalized spacial score (nSPS) is 11.1. The largest absolute Gasteiger partial charge is 0.359 e. The van der Waals surface area contributed by atoms with Gasteiger partial charge in [-0.05, 0) is 19.4 Å². The summed E-state index contributed by atoms with van der Waals surface area (Å²) in [6.07, 6.45) is 2.05. The Morgan fingerprint density at radius 3 is 2.38 bits per heavy atom. The lowest BCUT2D eigenvalue weighted by atomic mass is 10.1. The molecule has 0 heterocycles. The summed E-state index contributed by atoms with van der Waals surface area (Å²) < 4.78 is 0. The lowest BCUT2D eigenvalue weighted by Crippen LogP contribution is -2.07. The predicted molar refractivity (Wildman–Crippen MR) is 58.0 cm³/mol. The topological polar surface area (TPSA) is 12.0 Å². The SMILES string of the molecule is C=C(C)N/C(=C\C)c1ccccc1. The summed E-state index contributed by atoms with van der Waals surface area (Å²) in [6, 6.07) is 10.2. The molecule has 1 N–H and O–H groups in total. The fourth-order valence-electron chi connectivity index (χ4n) is 1.16. The molecule has 0 aliphatic carbocycles. The van der Waals surface area contributed by atoms with E-state index in [1.807, 2.05) is 38.1 Å². The van der Waals surface area contributed by atoms with Crippen molar-refractivity contribution in [2.45, 2.75) is 13.8 Å². The summed E-state index contributed by atoms with van der Waals surface area (Å²) in [4.78, 5) is 0. The molecule has 0 unspecified atom stereocenters. The van der Waals surface area contributed by atoms with Crippen molar-refractivity contribution in [3.63, 3.8) is 0 Å². The summed E-state index contributed by atoms with van der Waals surface area (Å²) >= 11 is 0. The lowest BCUT2D eigenvalue weighted by Gasteiger charge is -2.09. The highest BCUT2D eigenvalue weighted by molar-refractivity contribution is 5.64. The van der Waals surface area contributed by atoms with E-state index < -0.39 is 0 Å². The van der Waals surface area contributed by atoms with Crippen LogP contribution in [0.4, 0.5) is 0 Å². The molecule has 0 fully saturated rings. The molecular weight excluding hydrogens is 158 g/mol. The number of benzene rings is 1. The van der Waals surface area contributed by atoms with Crippen LogP contribution in [0.25, 0.3) is 5.70 Å². The fraction of sp³-hybridized carbons (Fsp3) is 0.167. The second kappa shape index (κ2) is 4.51. The molecule has 68 valence electrons. The second-order valence-corrected chi connectivity index (χ2v) is 2.97. The number of allylic oxidation sites excluding steroid dienone is 2. The summed E-state index contributed by atoms with van der Waals surface area (Å²) in [5.74, 6) is 0. The minimum Gasteiger partial charge on any atom is -0.359 e. The van der Waals surface area contributed by atoms with Crippen LogP contribution in [0.5, 0.6) is 0 Å². The predicted octanol–water partition coefficient (Wildman–Crippen LogP) is 3.17. The van der Waals surface area contributed by atoms with Gasteiger partial charge in [0.2, 0.25) is 0 Å². The van der Waals surface area contributed by atoms with Crippen LogP contribution in [0, 0.1) is 0 Å². The first kappa shape index (κ1) is 9.59. The molecular formula is C12H15N. The fourth-order valence-corrected chi connectivity index (χ4v) is 1.16. The average molecular weight is 173 g/mol. The van der Waals surface area contributed by atoms with Gasteiger partial charge in [-0.2, -0.15) is 0 Å². The Hall–Kier alpha value is -1.50. The van der Waals surface area contributed by atoms with Gasteiger partial charge in [-0.1, -0.05) is 43.0 Å². The van der Waals surface area contributed by atoms with Gasteiger partial charge in [0.15, 0.2) is 0 Å². The van der Waals surface area contributed by atoms with Gasteiger partial charge in [0.05, 0.1) is 0 Å². The number of rotatable bonds is 3. The second-order valence-electron chi connectivity index (χ2n) is 2.97. The molecule has 0 radical (unpaired) electrons. The standard InChI is InChI=1S/C12H15N/c1-4-12(13-10(2)3)11-8-6-5-7-9-11/h4-9,13H,2H2,1,3H3/b12-4-. The van der Waals surface area contributed by atoms with Crippen molar-refractivity contribution in [3.8, 4) is 0 Å². The first-order valence-electron chi connectivity index (χ1n) is 4.38. The summed E-state index contributed by atoms with van der Waals surface area (Å²) in [7, 11) is 0. The Bertz CT molecular complexity index is 309. The first-order valence-corrected chi connectivity index (χ1v) is 4.38. The van der Waals surface area contributed by atoms with Gasteiger partial charge in [-0.15, -0.1) is 0 Å². The van der Waals surface area contributed by atoms with Crippen LogP contribution in [0.3, 0.4) is 0 Å². The molecule has 0 saturated heterocycles. The van der Waals surface area contributed by atoms with E-state index in [0.29, 0.717) is 0 Å². The minimum absolute atomic E-state index is 0.956. The summed E-state index contributed by atoms with van der Waals surface area (Å²) in [5.41, 5.74) is 3.25. The molecule has 1 rings (SSSR count). The number of hydrogen-bond acceptors (Lipinski definition) is 1. The maximum Gasteiger partial charge on any atom is 0.0411 e. The molecule has 0 atom stereocenters. The van der Waals surface area contributed by atoms with Gasteiger partial charge in [0, 0.05) is 11.4 Å². The summed E-state index contributed by atoms with van der Waals surface area (Å²) in [5, 5.41) is 3.21. The third-order valence-corrected chi connectivity index (χ3v) is 1.72. The van der Waals surface area contributed by atoms with Crippen molar-refractivity contribution in [3.05, 3.63) is 54.2 Å². The van der Waals surface area contributed by atoms with Crippen LogP contribution in [-0.4, -0.2) is 0 Å².